The predicted octanol–water partition coefficient (Wildman–Crippen LogP) is 4.01. The highest BCUT2D eigenvalue weighted by molar-refractivity contribution is 6.42. The molecule has 0 amide bonds. The van der Waals surface area contributed by atoms with E-state index in [4.69, 9.17) is 32.7 Å². The number of carbonyl (C=O) groups excluding carboxylic acids is 1. The van der Waals surface area contributed by atoms with Crippen LogP contribution in [0.1, 0.15) is 15.9 Å². The van der Waals surface area contributed by atoms with Gasteiger partial charge in [0.25, 0.3) is 0 Å². The van der Waals surface area contributed by atoms with Crippen LogP contribution in [0.2, 0.25) is 10.2 Å². The summed E-state index contributed by atoms with van der Waals surface area (Å²) in [4.78, 5) is 16.0. The van der Waals surface area contributed by atoms with Crippen molar-refractivity contribution in [3.63, 3.8) is 0 Å². The minimum atomic E-state index is -0.169. The summed E-state index contributed by atoms with van der Waals surface area (Å²) in [7, 11) is 0. The predicted molar refractivity (Wildman–Crippen MR) is 80.2 cm³/mol. The number of carbonyl (C=O) groups is 1. The zero-order chi connectivity index (χ0) is 14.8. The summed E-state index contributed by atoms with van der Waals surface area (Å²) in [6.07, 6.45) is 4.55. The van der Waals surface area contributed by atoms with Gasteiger partial charge in [-0.15, -0.1) is 0 Å². The number of nitrogens with zero attached hydrogens (tertiary/aromatic N) is 1. The first kappa shape index (κ1) is 13.9. The van der Waals surface area contributed by atoms with E-state index in [2.05, 4.69) is 4.98 Å². The number of rotatable bonds is 3. The Hall–Kier alpha value is -2.04. The molecule has 0 aliphatic carbocycles. The second kappa shape index (κ2) is 5.76. The van der Waals surface area contributed by atoms with Gasteiger partial charge in [0.15, 0.2) is 17.3 Å². The van der Waals surface area contributed by atoms with Crippen molar-refractivity contribution >= 4 is 35.1 Å². The van der Waals surface area contributed by atoms with Crippen LogP contribution >= 0.6 is 23.2 Å². The molecule has 1 aliphatic heterocycles. The second-order valence-electron chi connectivity index (χ2n) is 4.27. The molecule has 0 bridgehead atoms. The fraction of sp³-hybridized carbons (Fsp3) is 0.0667. The lowest BCUT2D eigenvalue weighted by Gasteiger charge is -2.00. The Morgan fingerprint density at radius 3 is 2.86 bits per heavy atom. The van der Waals surface area contributed by atoms with Gasteiger partial charge in [0.1, 0.15) is 5.15 Å². The second-order valence-corrected chi connectivity index (χ2v) is 5.01. The fourth-order valence-corrected chi connectivity index (χ4v) is 2.21. The number of ether oxygens (including phenoxy) is 2. The number of ketones is 1. The van der Waals surface area contributed by atoms with Crippen LogP contribution in [-0.4, -0.2) is 17.6 Å². The van der Waals surface area contributed by atoms with Crippen LogP contribution in [0.5, 0.6) is 11.5 Å². The molecule has 0 saturated carbocycles. The van der Waals surface area contributed by atoms with E-state index in [1.54, 1.807) is 30.3 Å². The number of halogens is 2. The largest absolute Gasteiger partial charge is 0.454 e. The summed E-state index contributed by atoms with van der Waals surface area (Å²) >= 11 is 11.8. The van der Waals surface area contributed by atoms with Gasteiger partial charge in [-0.25, -0.2) is 4.98 Å². The van der Waals surface area contributed by atoms with E-state index in [9.17, 15) is 4.79 Å². The average molecular weight is 322 g/mol. The van der Waals surface area contributed by atoms with Crippen molar-refractivity contribution in [1.29, 1.82) is 0 Å². The molecule has 1 aromatic carbocycles. The van der Waals surface area contributed by atoms with Gasteiger partial charge >= 0.3 is 0 Å². The van der Waals surface area contributed by atoms with Crippen LogP contribution in [0.3, 0.4) is 0 Å². The van der Waals surface area contributed by atoms with Crippen LogP contribution < -0.4 is 9.47 Å². The van der Waals surface area contributed by atoms with Crippen molar-refractivity contribution < 1.29 is 14.3 Å². The smallest absolute Gasteiger partial charge is 0.231 e. The molecule has 4 nitrogen and oxygen atoms in total. The molecule has 1 aliphatic rings. The van der Waals surface area contributed by atoms with E-state index in [1.807, 2.05) is 0 Å². The molecule has 0 saturated heterocycles. The molecule has 2 aromatic rings. The number of fused-ring (bicyclic) bond motifs is 1. The Kier molecular flexibility index (Phi) is 3.82. The topological polar surface area (TPSA) is 48.4 Å². The molecular weight excluding hydrogens is 313 g/mol. The van der Waals surface area contributed by atoms with Crippen molar-refractivity contribution in [2.75, 3.05) is 6.79 Å². The van der Waals surface area contributed by atoms with Crippen LogP contribution in [0.25, 0.3) is 6.08 Å². The third-order valence-electron chi connectivity index (χ3n) is 2.95. The molecule has 1 aromatic heterocycles. The van der Waals surface area contributed by atoms with Crippen molar-refractivity contribution in [3.8, 4) is 11.5 Å². The first-order chi connectivity index (χ1) is 10.1. The Morgan fingerprint density at radius 2 is 2.00 bits per heavy atom. The molecule has 106 valence electrons. The minimum absolute atomic E-state index is 0.169. The zero-order valence-electron chi connectivity index (χ0n) is 10.7. The van der Waals surface area contributed by atoms with E-state index in [0.29, 0.717) is 27.6 Å². The average Bonchev–Trinajstić information content (AvgIpc) is 2.96. The minimum Gasteiger partial charge on any atom is -0.454 e. The summed E-state index contributed by atoms with van der Waals surface area (Å²) in [5, 5.41) is 0.517. The molecule has 3 rings (SSSR count). The number of hydrogen-bond donors (Lipinski definition) is 0. The van der Waals surface area contributed by atoms with Gasteiger partial charge < -0.3 is 9.47 Å². The number of aromatic nitrogens is 1. The monoisotopic (exact) mass is 321 g/mol. The van der Waals surface area contributed by atoms with Crippen LogP contribution in [0.15, 0.2) is 36.5 Å². The zero-order valence-corrected chi connectivity index (χ0v) is 12.2. The molecule has 0 spiro atoms. The number of pyridine rings is 1. The van der Waals surface area contributed by atoms with Crippen LogP contribution in [-0.2, 0) is 0 Å². The van der Waals surface area contributed by atoms with Crippen LogP contribution in [0, 0.1) is 0 Å². The summed E-state index contributed by atoms with van der Waals surface area (Å²) in [6.45, 7) is 0.175. The maximum Gasteiger partial charge on any atom is 0.231 e. The lowest BCUT2D eigenvalue weighted by atomic mass is 10.1. The van der Waals surface area contributed by atoms with Crippen molar-refractivity contribution in [2.24, 2.45) is 0 Å². The molecule has 0 radical (unpaired) electrons. The number of benzene rings is 1. The van der Waals surface area contributed by atoms with Gasteiger partial charge in [-0.3, -0.25) is 4.79 Å². The summed E-state index contributed by atoms with van der Waals surface area (Å²) in [5.74, 6) is 1.04. The van der Waals surface area contributed by atoms with E-state index in [-0.39, 0.29) is 17.7 Å². The van der Waals surface area contributed by atoms with Crippen molar-refractivity contribution in [3.05, 3.63) is 57.8 Å². The molecule has 2 heterocycles. The fourth-order valence-electron chi connectivity index (χ4n) is 1.87. The highest BCUT2D eigenvalue weighted by atomic mass is 35.5. The third kappa shape index (κ3) is 2.86. The summed E-state index contributed by atoms with van der Waals surface area (Å²) < 4.78 is 10.4. The van der Waals surface area contributed by atoms with E-state index < -0.39 is 0 Å². The SMILES string of the molecule is O=C(/C=C/c1ccnc(Cl)c1Cl)c1ccc2c(c1)OCO2. The summed E-state index contributed by atoms with van der Waals surface area (Å²) in [6, 6.07) is 6.72. The molecule has 0 unspecified atom stereocenters. The van der Waals surface area contributed by atoms with E-state index >= 15 is 0 Å². The first-order valence-corrected chi connectivity index (χ1v) is 6.83. The Bertz CT molecular complexity index is 744. The quantitative estimate of drug-likeness (QED) is 0.487. The maximum absolute atomic E-state index is 12.1. The molecule has 21 heavy (non-hydrogen) atoms. The molecule has 6 heteroatoms. The molecule has 0 N–H and O–H groups in total. The van der Waals surface area contributed by atoms with E-state index in [1.165, 1.54) is 12.3 Å². The van der Waals surface area contributed by atoms with Crippen LogP contribution in [0.4, 0.5) is 0 Å². The lowest BCUT2D eigenvalue weighted by Crippen LogP contribution is -1.94. The van der Waals surface area contributed by atoms with Gasteiger partial charge in [0.05, 0.1) is 5.02 Å². The standard InChI is InChI=1S/C15H9Cl2NO3/c16-14-9(5-6-18-15(14)17)1-3-11(19)10-2-4-12-13(7-10)21-8-20-12/h1-7H,8H2/b3-1+. The number of hydrogen-bond acceptors (Lipinski definition) is 4. The summed E-state index contributed by atoms with van der Waals surface area (Å²) in [5.41, 5.74) is 1.14. The Balaban J connectivity index is 1.83. The highest BCUT2D eigenvalue weighted by Crippen LogP contribution is 2.32. The van der Waals surface area contributed by atoms with E-state index in [0.717, 1.165) is 0 Å². The molecule has 0 fully saturated rings. The normalized spacial score (nSPS) is 12.9. The van der Waals surface area contributed by atoms with Gasteiger partial charge in [0.2, 0.25) is 6.79 Å². The number of allylic oxidation sites excluding steroid dienone is 1. The van der Waals surface area contributed by atoms with Crippen molar-refractivity contribution in [1.82, 2.24) is 4.98 Å². The lowest BCUT2D eigenvalue weighted by molar-refractivity contribution is 0.104. The van der Waals surface area contributed by atoms with Gasteiger partial charge in [-0.05, 0) is 42.0 Å². The molecular formula is C15H9Cl2NO3. The van der Waals surface area contributed by atoms with Gasteiger partial charge in [-0.2, -0.15) is 0 Å². The third-order valence-corrected chi connectivity index (χ3v) is 3.73. The highest BCUT2D eigenvalue weighted by Gasteiger charge is 2.15. The molecule has 0 atom stereocenters. The Morgan fingerprint density at radius 1 is 1.19 bits per heavy atom. The maximum atomic E-state index is 12.1. The van der Waals surface area contributed by atoms with Crippen molar-refractivity contribution in [2.45, 2.75) is 0 Å². The Labute approximate surface area is 130 Å². The first-order valence-electron chi connectivity index (χ1n) is 6.07. The van der Waals surface area contributed by atoms with Gasteiger partial charge in [-0.1, -0.05) is 23.2 Å². The van der Waals surface area contributed by atoms with Gasteiger partial charge in [0, 0.05) is 11.8 Å².